The molecule has 1 aromatic carbocycles. The van der Waals surface area contributed by atoms with Gasteiger partial charge in [0.1, 0.15) is 11.3 Å². The Morgan fingerprint density at radius 2 is 1.82 bits per heavy atom. The Labute approximate surface area is 130 Å². The van der Waals surface area contributed by atoms with E-state index >= 15 is 0 Å². The average Bonchev–Trinajstić information content (AvgIpc) is 2.47. The monoisotopic (exact) mass is 305 g/mol. The lowest BCUT2D eigenvalue weighted by Gasteiger charge is -2.40. The zero-order valence-corrected chi connectivity index (χ0v) is 13.3. The van der Waals surface area contributed by atoms with E-state index in [1.54, 1.807) is 19.1 Å². The van der Waals surface area contributed by atoms with Crippen molar-refractivity contribution in [1.82, 2.24) is 4.90 Å². The van der Waals surface area contributed by atoms with Gasteiger partial charge in [0.2, 0.25) is 0 Å². The number of carbonyl (C=O) groups excluding carboxylic acids is 2. The SMILES string of the molecule is C[C@@H]1CCC[C@@H](C)N1C(=O)[C@@H](C)OC(=O)c1ccccc1O. The van der Waals surface area contributed by atoms with Gasteiger partial charge in [0.15, 0.2) is 6.10 Å². The van der Waals surface area contributed by atoms with Crippen LogP contribution in [0.1, 0.15) is 50.4 Å². The van der Waals surface area contributed by atoms with E-state index in [2.05, 4.69) is 0 Å². The predicted molar refractivity (Wildman–Crippen MR) is 82.6 cm³/mol. The molecular formula is C17H23NO4. The first-order valence-electron chi connectivity index (χ1n) is 7.73. The molecule has 3 atom stereocenters. The van der Waals surface area contributed by atoms with Gasteiger partial charge in [-0.1, -0.05) is 12.1 Å². The van der Waals surface area contributed by atoms with Crippen LogP contribution in [0.2, 0.25) is 0 Å². The molecule has 1 aromatic rings. The van der Waals surface area contributed by atoms with E-state index in [1.165, 1.54) is 12.1 Å². The van der Waals surface area contributed by atoms with Crippen molar-refractivity contribution >= 4 is 11.9 Å². The number of hydrogen-bond acceptors (Lipinski definition) is 4. The van der Waals surface area contributed by atoms with Crippen LogP contribution in [0.15, 0.2) is 24.3 Å². The Hall–Kier alpha value is -2.04. The highest BCUT2D eigenvalue weighted by Gasteiger charge is 2.33. The molecule has 1 saturated heterocycles. The van der Waals surface area contributed by atoms with Crippen LogP contribution in [0.4, 0.5) is 0 Å². The number of esters is 1. The number of piperidine rings is 1. The summed E-state index contributed by atoms with van der Waals surface area (Å²) in [5.41, 5.74) is 0.0712. The fourth-order valence-corrected chi connectivity index (χ4v) is 2.99. The van der Waals surface area contributed by atoms with Crippen molar-refractivity contribution in [2.75, 3.05) is 0 Å². The Kier molecular flexibility index (Phi) is 5.06. The van der Waals surface area contributed by atoms with E-state index in [9.17, 15) is 14.7 Å². The van der Waals surface area contributed by atoms with Crippen LogP contribution in [-0.2, 0) is 9.53 Å². The maximum atomic E-state index is 12.6. The lowest BCUT2D eigenvalue weighted by atomic mass is 9.97. The highest BCUT2D eigenvalue weighted by Crippen LogP contribution is 2.24. The molecule has 0 bridgehead atoms. The lowest BCUT2D eigenvalue weighted by molar-refractivity contribution is -0.146. The van der Waals surface area contributed by atoms with Gasteiger partial charge < -0.3 is 14.7 Å². The molecule has 2 rings (SSSR count). The summed E-state index contributed by atoms with van der Waals surface area (Å²) in [6.07, 6.45) is 2.18. The first kappa shape index (κ1) is 16.3. The summed E-state index contributed by atoms with van der Waals surface area (Å²) in [4.78, 5) is 26.4. The van der Waals surface area contributed by atoms with Crippen molar-refractivity contribution in [2.24, 2.45) is 0 Å². The fraction of sp³-hybridized carbons (Fsp3) is 0.529. The molecule has 1 aliphatic rings. The molecule has 0 aromatic heterocycles. The largest absolute Gasteiger partial charge is 0.507 e. The fourth-order valence-electron chi connectivity index (χ4n) is 2.99. The van der Waals surface area contributed by atoms with E-state index in [1.807, 2.05) is 18.7 Å². The molecule has 1 heterocycles. The Balaban J connectivity index is 2.05. The molecule has 0 aliphatic carbocycles. The van der Waals surface area contributed by atoms with Crippen LogP contribution in [-0.4, -0.2) is 40.1 Å². The summed E-state index contributed by atoms with van der Waals surface area (Å²) < 4.78 is 5.24. The van der Waals surface area contributed by atoms with Crippen LogP contribution in [0.25, 0.3) is 0 Å². The number of rotatable bonds is 3. The molecule has 120 valence electrons. The van der Waals surface area contributed by atoms with Crippen LogP contribution in [0.3, 0.4) is 0 Å². The molecule has 1 N–H and O–H groups in total. The van der Waals surface area contributed by atoms with Gasteiger partial charge in [0, 0.05) is 12.1 Å². The summed E-state index contributed by atoms with van der Waals surface area (Å²) in [6, 6.07) is 6.46. The van der Waals surface area contributed by atoms with E-state index in [-0.39, 0.29) is 29.3 Å². The van der Waals surface area contributed by atoms with Crippen molar-refractivity contribution in [3.05, 3.63) is 29.8 Å². The third kappa shape index (κ3) is 3.40. The van der Waals surface area contributed by atoms with Crippen LogP contribution < -0.4 is 0 Å². The van der Waals surface area contributed by atoms with Crippen molar-refractivity contribution in [2.45, 2.75) is 58.2 Å². The van der Waals surface area contributed by atoms with Gasteiger partial charge >= 0.3 is 5.97 Å². The van der Waals surface area contributed by atoms with Gasteiger partial charge in [-0.3, -0.25) is 4.79 Å². The maximum Gasteiger partial charge on any atom is 0.342 e. The topological polar surface area (TPSA) is 66.8 Å². The molecule has 0 radical (unpaired) electrons. The van der Waals surface area contributed by atoms with Gasteiger partial charge in [-0.15, -0.1) is 0 Å². The van der Waals surface area contributed by atoms with Crippen LogP contribution in [0.5, 0.6) is 5.75 Å². The third-order valence-corrected chi connectivity index (χ3v) is 4.20. The number of benzene rings is 1. The number of para-hydroxylation sites is 1. The van der Waals surface area contributed by atoms with E-state index in [0.717, 1.165) is 19.3 Å². The molecular weight excluding hydrogens is 282 g/mol. The van der Waals surface area contributed by atoms with E-state index in [0.29, 0.717) is 0 Å². The molecule has 0 saturated carbocycles. The van der Waals surface area contributed by atoms with E-state index in [4.69, 9.17) is 4.74 Å². The summed E-state index contributed by atoms with van der Waals surface area (Å²) >= 11 is 0. The molecule has 1 fully saturated rings. The maximum absolute atomic E-state index is 12.6. The second kappa shape index (κ2) is 6.81. The summed E-state index contributed by atoms with van der Waals surface area (Å²) in [5.74, 6) is -1.01. The molecule has 0 spiro atoms. The molecule has 5 nitrogen and oxygen atoms in total. The number of amides is 1. The zero-order valence-electron chi connectivity index (χ0n) is 13.3. The first-order chi connectivity index (χ1) is 10.4. The van der Waals surface area contributed by atoms with Gasteiger partial charge in [-0.25, -0.2) is 4.79 Å². The highest BCUT2D eigenvalue weighted by atomic mass is 16.5. The third-order valence-electron chi connectivity index (χ3n) is 4.20. The lowest BCUT2D eigenvalue weighted by Crippen LogP contribution is -2.51. The Morgan fingerprint density at radius 1 is 1.23 bits per heavy atom. The number of likely N-dealkylation sites (tertiary alicyclic amines) is 1. The minimum atomic E-state index is -0.866. The number of hydrogen-bond donors (Lipinski definition) is 1. The number of nitrogens with zero attached hydrogens (tertiary/aromatic N) is 1. The number of aromatic hydroxyl groups is 1. The Morgan fingerprint density at radius 3 is 2.41 bits per heavy atom. The standard InChI is InChI=1S/C17H23NO4/c1-11-7-6-8-12(2)18(11)16(20)13(3)22-17(21)14-9-4-5-10-15(14)19/h4-5,9-13,19H,6-8H2,1-3H3/t11-,12-,13-/m1/s1. The summed E-state index contributed by atoms with van der Waals surface area (Å²) in [7, 11) is 0. The number of carbonyl (C=O) groups is 2. The first-order valence-corrected chi connectivity index (χ1v) is 7.73. The highest BCUT2D eigenvalue weighted by molar-refractivity contribution is 5.94. The quantitative estimate of drug-likeness (QED) is 0.872. The van der Waals surface area contributed by atoms with Gasteiger partial charge in [0.05, 0.1) is 0 Å². The van der Waals surface area contributed by atoms with Crippen molar-refractivity contribution in [1.29, 1.82) is 0 Å². The summed E-state index contributed by atoms with van der Waals surface area (Å²) in [5, 5.41) is 9.67. The minimum absolute atomic E-state index is 0.0712. The normalized spacial score (nSPS) is 23.0. The van der Waals surface area contributed by atoms with E-state index < -0.39 is 12.1 Å². The smallest absolute Gasteiger partial charge is 0.342 e. The van der Waals surface area contributed by atoms with Gasteiger partial charge in [-0.05, 0) is 52.2 Å². The molecule has 1 aliphatic heterocycles. The van der Waals surface area contributed by atoms with Crippen LogP contribution in [0, 0.1) is 0 Å². The van der Waals surface area contributed by atoms with Gasteiger partial charge in [0.25, 0.3) is 5.91 Å². The van der Waals surface area contributed by atoms with Crippen molar-refractivity contribution in [3.8, 4) is 5.75 Å². The summed E-state index contributed by atoms with van der Waals surface area (Å²) in [6.45, 7) is 5.62. The average molecular weight is 305 g/mol. The second-order valence-corrected chi connectivity index (χ2v) is 5.94. The second-order valence-electron chi connectivity index (χ2n) is 5.94. The Bertz CT molecular complexity index is 547. The molecule has 22 heavy (non-hydrogen) atoms. The molecule has 5 heteroatoms. The van der Waals surface area contributed by atoms with Crippen molar-refractivity contribution < 1.29 is 19.4 Å². The minimum Gasteiger partial charge on any atom is -0.507 e. The van der Waals surface area contributed by atoms with Crippen molar-refractivity contribution in [3.63, 3.8) is 0 Å². The molecule has 0 unspecified atom stereocenters. The number of ether oxygens (including phenoxy) is 1. The van der Waals surface area contributed by atoms with Gasteiger partial charge in [-0.2, -0.15) is 0 Å². The molecule has 1 amide bonds. The number of phenolic OH excluding ortho intramolecular Hbond substituents is 1. The van der Waals surface area contributed by atoms with Crippen LogP contribution >= 0.6 is 0 Å². The predicted octanol–water partition coefficient (Wildman–Crippen LogP) is 2.73. The number of phenols is 1. The zero-order chi connectivity index (χ0) is 16.3.